The van der Waals surface area contributed by atoms with Gasteiger partial charge >= 0.3 is 0 Å². The standard InChI is InChI=1S/C9H12FNO/c1-2-6-3-7(5-11)9(12)8(10)4-6/h3-4,12H,2,5,11H2,1H3. The van der Waals surface area contributed by atoms with Gasteiger partial charge < -0.3 is 10.8 Å². The minimum Gasteiger partial charge on any atom is -0.505 e. The molecule has 0 aliphatic carbocycles. The molecule has 0 aliphatic heterocycles. The monoisotopic (exact) mass is 169 g/mol. The predicted molar refractivity (Wildman–Crippen MR) is 45.3 cm³/mol. The summed E-state index contributed by atoms with van der Waals surface area (Å²) in [5, 5.41) is 9.16. The van der Waals surface area contributed by atoms with Crippen LogP contribution in [0.15, 0.2) is 12.1 Å². The van der Waals surface area contributed by atoms with E-state index in [1.54, 1.807) is 6.07 Å². The second-order valence-electron chi connectivity index (χ2n) is 2.64. The lowest BCUT2D eigenvalue weighted by atomic mass is 10.1. The van der Waals surface area contributed by atoms with Gasteiger partial charge in [0, 0.05) is 12.1 Å². The van der Waals surface area contributed by atoms with Crippen molar-refractivity contribution in [1.82, 2.24) is 0 Å². The van der Waals surface area contributed by atoms with E-state index in [1.165, 1.54) is 6.07 Å². The molecule has 66 valence electrons. The van der Waals surface area contributed by atoms with Crippen molar-refractivity contribution in [2.24, 2.45) is 5.73 Å². The fourth-order valence-electron chi connectivity index (χ4n) is 1.08. The molecule has 2 nitrogen and oxygen atoms in total. The fraction of sp³-hybridized carbons (Fsp3) is 0.333. The fourth-order valence-corrected chi connectivity index (χ4v) is 1.08. The lowest BCUT2D eigenvalue weighted by molar-refractivity contribution is 0.425. The van der Waals surface area contributed by atoms with Gasteiger partial charge in [0.2, 0.25) is 0 Å². The first-order valence-corrected chi connectivity index (χ1v) is 3.89. The van der Waals surface area contributed by atoms with Crippen LogP contribution in [0.5, 0.6) is 5.75 Å². The van der Waals surface area contributed by atoms with Crippen LogP contribution in [0, 0.1) is 5.82 Å². The van der Waals surface area contributed by atoms with Crippen molar-refractivity contribution >= 4 is 0 Å². The van der Waals surface area contributed by atoms with Gasteiger partial charge in [-0.3, -0.25) is 0 Å². The largest absolute Gasteiger partial charge is 0.505 e. The highest BCUT2D eigenvalue weighted by Crippen LogP contribution is 2.22. The van der Waals surface area contributed by atoms with Crippen molar-refractivity contribution in [3.8, 4) is 5.75 Å². The molecule has 3 heteroatoms. The third-order valence-corrected chi connectivity index (χ3v) is 1.83. The van der Waals surface area contributed by atoms with Crippen molar-refractivity contribution in [2.45, 2.75) is 19.9 Å². The Morgan fingerprint density at radius 3 is 2.67 bits per heavy atom. The maximum absolute atomic E-state index is 12.9. The van der Waals surface area contributed by atoms with E-state index in [0.717, 1.165) is 12.0 Å². The summed E-state index contributed by atoms with van der Waals surface area (Å²) >= 11 is 0. The molecule has 0 amide bonds. The van der Waals surface area contributed by atoms with Crippen LogP contribution in [0.1, 0.15) is 18.1 Å². The van der Waals surface area contributed by atoms with Gasteiger partial charge in [-0.2, -0.15) is 0 Å². The average Bonchev–Trinajstić information content (AvgIpc) is 2.09. The van der Waals surface area contributed by atoms with Crippen molar-refractivity contribution in [1.29, 1.82) is 0 Å². The van der Waals surface area contributed by atoms with Gasteiger partial charge in [0.15, 0.2) is 11.6 Å². The zero-order valence-corrected chi connectivity index (χ0v) is 6.97. The Kier molecular flexibility index (Phi) is 2.65. The zero-order chi connectivity index (χ0) is 9.14. The summed E-state index contributed by atoms with van der Waals surface area (Å²) in [6, 6.07) is 3.05. The molecule has 0 bridgehead atoms. The van der Waals surface area contributed by atoms with Gasteiger partial charge in [-0.15, -0.1) is 0 Å². The molecular formula is C9H12FNO. The first-order chi connectivity index (χ1) is 5.69. The van der Waals surface area contributed by atoms with Crippen molar-refractivity contribution in [3.05, 3.63) is 29.1 Å². The van der Waals surface area contributed by atoms with Gasteiger partial charge in [0.25, 0.3) is 0 Å². The van der Waals surface area contributed by atoms with E-state index in [9.17, 15) is 4.39 Å². The van der Waals surface area contributed by atoms with Crippen LogP contribution >= 0.6 is 0 Å². The number of rotatable bonds is 2. The SMILES string of the molecule is CCc1cc(F)c(O)c(CN)c1. The van der Waals surface area contributed by atoms with E-state index in [4.69, 9.17) is 10.8 Å². The summed E-state index contributed by atoms with van der Waals surface area (Å²) < 4.78 is 12.9. The second kappa shape index (κ2) is 3.54. The highest BCUT2D eigenvalue weighted by Gasteiger charge is 2.06. The van der Waals surface area contributed by atoms with Crippen molar-refractivity contribution in [3.63, 3.8) is 0 Å². The van der Waals surface area contributed by atoms with Crippen LogP contribution < -0.4 is 5.73 Å². The summed E-state index contributed by atoms with van der Waals surface area (Å²) in [6.07, 6.45) is 0.740. The average molecular weight is 169 g/mol. The number of halogens is 1. The molecule has 0 radical (unpaired) electrons. The molecule has 1 aromatic carbocycles. The Morgan fingerprint density at radius 1 is 1.50 bits per heavy atom. The molecule has 0 saturated heterocycles. The Morgan fingerprint density at radius 2 is 2.17 bits per heavy atom. The normalized spacial score (nSPS) is 10.2. The molecule has 0 spiro atoms. The first-order valence-electron chi connectivity index (χ1n) is 3.89. The lowest BCUT2D eigenvalue weighted by Crippen LogP contribution is -1.99. The number of hydrogen-bond donors (Lipinski definition) is 2. The third-order valence-electron chi connectivity index (χ3n) is 1.83. The summed E-state index contributed by atoms with van der Waals surface area (Å²) in [5.41, 5.74) is 6.63. The maximum atomic E-state index is 12.9. The zero-order valence-electron chi connectivity index (χ0n) is 6.97. The Bertz CT molecular complexity index is 286. The van der Waals surface area contributed by atoms with Crippen LogP contribution in [0.4, 0.5) is 4.39 Å². The van der Waals surface area contributed by atoms with Gasteiger partial charge in [0.1, 0.15) is 0 Å². The Hall–Kier alpha value is -1.09. The van der Waals surface area contributed by atoms with Gasteiger partial charge in [-0.1, -0.05) is 13.0 Å². The van der Waals surface area contributed by atoms with Gasteiger partial charge in [-0.25, -0.2) is 4.39 Å². The third kappa shape index (κ3) is 1.56. The van der Waals surface area contributed by atoms with Crippen LogP contribution in [-0.4, -0.2) is 5.11 Å². The highest BCUT2D eigenvalue weighted by atomic mass is 19.1. The number of nitrogens with two attached hydrogens (primary N) is 1. The molecule has 0 unspecified atom stereocenters. The van der Waals surface area contributed by atoms with E-state index in [1.807, 2.05) is 6.92 Å². The van der Waals surface area contributed by atoms with E-state index in [-0.39, 0.29) is 12.3 Å². The van der Waals surface area contributed by atoms with E-state index >= 15 is 0 Å². The number of benzene rings is 1. The van der Waals surface area contributed by atoms with E-state index in [0.29, 0.717) is 5.56 Å². The molecule has 0 aromatic heterocycles. The molecular weight excluding hydrogens is 157 g/mol. The second-order valence-corrected chi connectivity index (χ2v) is 2.64. The molecule has 0 atom stereocenters. The quantitative estimate of drug-likeness (QED) is 0.705. The van der Waals surface area contributed by atoms with Crippen LogP contribution in [-0.2, 0) is 13.0 Å². The summed E-state index contributed by atoms with van der Waals surface area (Å²) in [6.45, 7) is 2.09. The number of phenols is 1. The van der Waals surface area contributed by atoms with Gasteiger partial charge in [-0.05, 0) is 18.1 Å². The van der Waals surface area contributed by atoms with Crippen molar-refractivity contribution < 1.29 is 9.50 Å². The van der Waals surface area contributed by atoms with E-state index < -0.39 is 5.82 Å². The number of phenolic OH excluding ortho intramolecular Hbond substituents is 1. The Balaban J connectivity index is 3.19. The summed E-state index contributed by atoms with van der Waals surface area (Å²) in [7, 11) is 0. The summed E-state index contributed by atoms with van der Waals surface area (Å²) in [5.74, 6) is -0.912. The lowest BCUT2D eigenvalue weighted by Gasteiger charge is -2.05. The number of aryl methyl sites for hydroxylation is 1. The molecule has 0 heterocycles. The molecule has 12 heavy (non-hydrogen) atoms. The van der Waals surface area contributed by atoms with Crippen molar-refractivity contribution in [2.75, 3.05) is 0 Å². The minimum absolute atomic E-state index is 0.163. The number of hydrogen-bond acceptors (Lipinski definition) is 2. The summed E-state index contributed by atoms with van der Waals surface area (Å²) in [4.78, 5) is 0. The molecule has 0 saturated carbocycles. The first kappa shape index (κ1) is 9.00. The minimum atomic E-state index is -0.588. The predicted octanol–water partition coefficient (Wildman–Crippen LogP) is 1.55. The highest BCUT2D eigenvalue weighted by molar-refractivity contribution is 5.37. The van der Waals surface area contributed by atoms with E-state index in [2.05, 4.69) is 0 Å². The van der Waals surface area contributed by atoms with Gasteiger partial charge in [0.05, 0.1) is 0 Å². The molecule has 3 N–H and O–H groups in total. The topological polar surface area (TPSA) is 46.2 Å². The Labute approximate surface area is 70.8 Å². The van der Waals surface area contributed by atoms with Crippen LogP contribution in [0.2, 0.25) is 0 Å². The molecule has 1 rings (SSSR count). The maximum Gasteiger partial charge on any atom is 0.165 e. The van der Waals surface area contributed by atoms with Crippen LogP contribution in [0.3, 0.4) is 0 Å². The molecule has 0 fully saturated rings. The number of aromatic hydroxyl groups is 1. The van der Waals surface area contributed by atoms with Crippen LogP contribution in [0.25, 0.3) is 0 Å². The molecule has 1 aromatic rings. The smallest absolute Gasteiger partial charge is 0.165 e. The molecule has 0 aliphatic rings.